The van der Waals surface area contributed by atoms with E-state index in [1.807, 2.05) is 0 Å². The van der Waals surface area contributed by atoms with E-state index in [2.05, 4.69) is 15.1 Å². The molecule has 0 bridgehead atoms. The van der Waals surface area contributed by atoms with Gasteiger partial charge in [0.2, 0.25) is 5.91 Å². The van der Waals surface area contributed by atoms with Crippen LogP contribution in [0.4, 0.5) is 0 Å². The van der Waals surface area contributed by atoms with Crippen LogP contribution in [0.15, 0.2) is 0 Å². The standard InChI is InChI=1S/C16H29N3O/c20-16(17-15-6-7-15)13-19-10-8-18(9-11-19)12-14-4-2-1-3-5-14/h14-15H,1-13H2,(H,17,20). The summed E-state index contributed by atoms with van der Waals surface area (Å²) >= 11 is 0. The highest BCUT2D eigenvalue weighted by Crippen LogP contribution is 2.24. The second-order valence-electron chi connectivity index (χ2n) is 6.92. The average Bonchev–Trinajstić information content (AvgIpc) is 3.26. The molecule has 0 radical (unpaired) electrons. The van der Waals surface area contributed by atoms with Crippen LogP contribution >= 0.6 is 0 Å². The number of hydrogen-bond donors (Lipinski definition) is 1. The molecule has 0 spiro atoms. The first-order valence-corrected chi connectivity index (χ1v) is 8.53. The van der Waals surface area contributed by atoms with Crippen molar-refractivity contribution in [2.45, 2.75) is 51.0 Å². The van der Waals surface area contributed by atoms with Crippen LogP contribution in [-0.4, -0.2) is 61.0 Å². The molecule has 1 aliphatic heterocycles. The molecule has 114 valence electrons. The zero-order chi connectivity index (χ0) is 13.8. The number of hydrogen-bond acceptors (Lipinski definition) is 3. The first-order valence-electron chi connectivity index (χ1n) is 8.53. The Balaban J connectivity index is 1.32. The number of nitrogens with one attached hydrogen (secondary N) is 1. The zero-order valence-corrected chi connectivity index (χ0v) is 12.6. The maximum Gasteiger partial charge on any atom is 0.234 e. The van der Waals surface area contributed by atoms with Crippen LogP contribution in [0.1, 0.15) is 44.9 Å². The van der Waals surface area contributed by atoms with E-state index in [-0.39, 0.29) is 5.91 Å². The Morgan fingerprint density at radius 3 is 2.20 bits per heavy atom. The zero-order valence-electron chi connectivity index (χ0n) is 12.6. The van der Waals surface area contributed by atoms with Crippen LogP contribution in [0.3, 0.4) is 0 Å². The number of piperazine rings is 1. The van der Waals surface area contributed by atoms with E-state index in [9.17, 15) is 4.79 Å². The third-order valence-corrected chi connectivity index (χ3v) is 5.02. The van der Waals surface area contributed by atoms with E-state index in [0.29, 0.717) is 12.6 Å². The highest BCUT2D eigenvalue weighted by atomic mass is 16.2. The fourth-order valence-electron chi connectivity index (χ4n) is 3.57. The molecule has 3 rings (SSSR count). The highest BCUT2D eigenvalue weighted by Gasteiger charge is 2.26. The molecule has 2 aliphatic carbocycles. The lowest BCUT2D eigenvalue weighted by molar-refractivity contribution is -0.122. The lowest BCUT2D eigenvalue weighted by atomic mass is 9.89. The monoisotopic (exact) mass is 279 g/mol. The van der Waals surface area contributed by atoms with Gasteiger partial charge in [0, 0.05) is 38.8 Å². The van der Waals surface area contributed by atoms with Crippen LogP contribution < -0.4 is 5.32 Å². The fourth-order valence-corrected chi connectivity index (χ4v) is 3.57. The van der Waals surface area contributed by atoms with Gasteiger partial charge >= 0.3 is 0 Å². The van der Waals surface area contributed by atoms with Gasteiger partial charge in [-0.25, -0.2) is 0 Å². The third-order valence-electron chi connectivity index (χ3n) is 5.02. The third kappa shape index (κ3) is 4.45. The van der Waals surface area contributed by atoms with Crippen molar-refractivity contribution in [2.75, 3.05) is 39.3 Å². The quantitative estimate of drug-likeness (QED) is 0.827. The number of carbonyl (C=O) groups excluding carboxylic acids is 1. The molecule has 1 saturated heterocycles. The van der Waals surface area contributed by atoms with Gasteiger partial charge in [-0.15, -0.1) is 0 Å². The van der Waals surface area contributed by atoms with Crippen molar-refractivity contribution in [1.82, 2.24) is 15.1 Å². The molecule has 0 aromatic rings. The molecule has 0 aromatic carbocycles. The summed E-state index contributed by atoms with van der Waals surface area (Å²) in [5, 5.41) is 3.08. The molecule has 3 fully saturated rings. The Kier molecular flexibility index (Phi) is 4.94. The molecule has 3 aliphatic rings. The molecular weight excluding hydrogens is 250 g/mol. The number of carbonyl (C=O) groups is 1. The first-order chi connectivity index (χ1) is 9.79. The highest BCUT2D eigenvalue weighted by molar-refractivity contribution is 5.78. The van der Waals surface area contributed by atoms with E-state index >= 15 is 0 Å². The summed E-state index contributed by atoms with van der Waals surface area (Å²) in [6.45, 7) is 6.31. The second kappa shape index (κ2) is 6.90. The molecular formula is C16H29N3O. The van der Waals surface area contributed by atoms with Gasteiger partial charge in [-0.2, -0.15) is 0 Å². The number of nitrogens with zero attached hydrogens (tertiary/aromatic N) is 2. The fraction of sp³-hybridized carbons (Fsp3) is 0.938. The minimum Gasteiger partial charge on any atom is -0.352 e. The minimum atomic E-state index is 0.230. The normalized spacial score (nSPS) is 26.6. The van der Waals surface area contributed by atoms with Crippen molar-refractivity contribution in [2.24, 2.45) is 5.92 Å². The molecule has 0 aromatic heterocycles. The second-order valence-corrected chi connectivity index (χ2v) is 6.92. The molecule has 1 heterocycles. The summed E-state index contributed by atoms with van der Waals surface area (Å²) < 4.78 is 0. The van der Waals surface area contributed by atoms with Gasteiger partial charge in [0.05, 0.1) is 6.54 Å². The minimum absolute atomic E-state index is 0.230. The van der Waals surface area contributed by atoms with E-state index in [4.69, 9.17) is 0 Å². The van der Waals surface area contributed by atoms with Gasteiger partial charge in [0.15, 0.2) is 0 Å². The van der Waals surface area contributed by atoms with Crippen molar-refractivity contribution >= 4 is 5.91 Å². The Hall–Kier alpha value is -0.610. The average molecular weight is 279 g/mol. The summed E-state index contributed by atoms with van der Waals surface area (Å²) in [5.74, 6) is 1.17. The Labute approximate surface area is 122 Å². The molecule has 1 N–H and O–H groups in total. The molecule has 0 atom stereocenters. The van der Waals surface area contributed by atoms with Crippen molar-refractivity contribution in [3.63, 3.8) is 0 Å². The SMILES string of the molecule is O=C(CN1CCN(CC2CCCCC2)CC1)NC1CC1. The number of rotatable bonds is 5. The van der Waals surface area contributed by atoms with Crippen molar-refractivity contribution < 1.29 is 4.79 Å². The first kappa shape index (κ1) is 14.3. The molecule has 1 amide bonds. The molecule has 20 heavy (non-hydrogen) atoms. The summed E-state index contributed by atoms with van der Waals surface area (Å²) in [5.41, 5.74) is 0. The topological polar surface area (TPSA) is 35.6 Å². The number of amides is 1. The van der Waals surface area contributed by atoms with Crippen LogP contribution in [0.5, 0.6) is 0 Å². The van der Waals surface area contributed by atoms with Crippen molar-refractivity contribution in [1.29, 1.82) is 0 Å². The largest absolute Gasteiger partial charge is 0.352 e. The van der Waals surface area contributed by atoms with Crippen LogP contribution in [0.2, 0.25) is 0 Å². The van der Waals surface area contributed by atoms with Crippen LogP contribution in [-0.2, 0) is 4.79 Å². The Bertz CT molecular complexity index is 316. The van der Waals surface area contributed by atoms with Gasteiger partial charge in [0.25, 0.3) is 0 Å². The van der Waals surface area contributed by atoms with Crippen molar-refractivity contribution in [3.05, 3.63) is 0 Å². The molecule has 0 unspecified atom stereocenters. The van der Waals surface area contributed by atoms with Gasteiger partial charge in [0.1, 0.15) is 0 Å². The smallest absolute Gasteiger partial charge is 0.234 e. The van der Waals surface area contributed by atoms with Crippen molar-refractivity contribution in [3.8, 4) is 0 Å². The van der Waals surface area contributed by atoms with Gasteiger partial charge in [-0.05, 0) is 31.6 Å². The summed E-state index contributed by atoms with van der Waals surface area (Å²) in [7, 11) is 0. The van der Waals surface area contributed by atoms with Crippen LogP contribution in [0, 0.1) is 5.92 Å². The molecule has 4 heteroatoms. The van der Waals surface area contributed by atoms with E-state index < -0.39 is 0 Å². The van der Waals surface area contributed by atoms with Crippen LogP contribution in [0.25, 0.3) is 0 Å². The lowest BCUT2D eigenvalue weighted by Gasteiger charge is -2.37. The van der Waals surface area contributed by atoms with Gasteiger partial charge in [-0.1, -0.05) is 19.3 Å². The summed E-state index contributed by atoms with van der Waals surface area (Å²) in [6.07, 6.45) is 9.55. The Morgan fingerprint density at radius 2 is 1.55 bits per heavy atom. The summed E-state index contributed by atoms with van der Waals surface area (Å²) in [6, 6.07) is 0.495. The van der Waals surface area contributed by atoms with Gasteiger partial charge in [-0.3, -0.25) is 9.69 Å². The van der Waals surface area contributed by atoms with E-state index in [0.717, 1.165) is 32.1 Å². The lowest BCUT2D eigenvalue weighted by Crippen LogP contribution is -2.50. The molecule has 2 saturated carbocycles. The maximum atomic E-state index is 11.8. The predicted molar refractivity (Wildman–Crippen MR) is 80.6 cm³/mol. The van der Waals surface area contributed by atoms with E-state index in [1.165, 1.54) is 51.5 Å². The molecule has 4 nitrogen and oxygen atoms in total. The Morgan fingerprint density at radius 1 is 0.900 bits per heavy atom. The maximum absolute atomic E-state index is 11.8. The van der Waals surface area contributed by atoms with Gasteiger partial charge < -0.3 is 10.2 Å². The van der Waals surface area contributed by atoms with E-state index in [1.54, 1.807) is 0 Å². The predicted octanol–water partition coefficient (Wildman–Crippen LogP) is 1.46. The summed E-state index contributed by atoms with van der Waals surface area (Å²) in [4.78, 5) is 16.7.